The number of ether oxygens (including phenoxy) is 1. The van der Waals surface area contributed by atoms with E-state index in [4.69, 9.17) is 10.6 Å². The van der Waals surface area contributed by atoms with Crippen molar-refractivity contribution in [3.05, 3.63) is 35.4 Å². The number of unbranched alkanes of at least 4 members (excludes halogenated alkanes) is 1. The van der Waals surface area contributed by atoms with Crippen LogP contribution in [0.1, 0.15) is 25.3 Å². The number of carbonyl (C=O) groups is 1. The zero-order chi connectivity index (χ0) is 19.8. The maximum atomic E-state index is 12.2. The van der Waals surface area contributed by atoms with Gasteiger partial charge in [-0.15, -0.1) is 0 Å². The van der Waals surface area contributed by atoms with Crippen LogP contribution in [0.25, 0.3) is 6.08 Å². The van der Waals surface area contributed by atoms with Gasteiger partial charge in [-0.2, -0.15) is 0 Å². The van der Waals surface area contributed by atoms with Gasteiger partial charge in [0.2, 0.25) is 0 Å². The molecule has 27 heavy (non-hydrogen) atoms. The van der Waals surface area contributed by atoms with Gasteiger partial charge in [0.15, 0.2) is 0 Å². The third-order valence-electron chi connectivity index (χ3n) is 3.85. The molecule has 1 aromatic carbocycles. The van der Waals surface area contributed by atoms with Crippen molar-refractivity contribution in [2.24, 2.45) is 9.05 Å². The normalized spacial score (nSPS) is 14.9. The van der Waals surface area contributed by atoms with Crippen LogP contribution in [-0.4, -0.2) is 42.2 Å². The van der Waals surface area contributed by atoms with Crippen molar-refractivity contribution in [3.63, 3.8) is 0 Å². The molecule has 8 nitrogen and oxygen atoms in total. The Labute approximate surface area is 168 Å². The molecule has 0 bridgehead atoms. The molecule has 146 valence electrons. The van der Waals surface area contributed by atoms with E-state index in [1.165, 1.54) is 6.08 Å². The first kappa shape index (κ1) is 21.1. The molecule has 1 aliphatic rings. The topological polar surface area (TPSA) is 107 Å². The van der Waals surface area contributed by atoms with Crippen molar-refractivity contribution in [3.8, 4) is 6.07 Å². The second kappa shape index (κ2) is 10.2. The quantitative estimate of drug-likeness (QED) is 0.106. The zero-order valence-corrected chi connectivity index (χ0v) is 17.9. The molecule has 9 heteroatoms. The summed E-state index contributed by atoms with van der Waals surface area (Å²) in [6.45, 7) is 3.01. The number of benzene rings is 1. The number of carbonyl (C=O) groups excluding carboxylic acids is 1. The van der Waals surface area contributed by atoms with Crippen molar-refractivity contribution in [2.45, 2.75) is 19.8 Å². The minimum atomic E-state index is -1.85. The Morgan fingerprint density at radius 2 is 2.15 bits per heavy atom. The molecule has 1 heterocycles. The Balaban J connectivity index is 1.98. The number of nitrogens with two attached hydrogens (primary N) is 1. The van der Waals surface area contributed by atoms with E-state index in [0.29, 0.717) is 5.84 Å². The number of amidine groups is 1. The Bertz CT molecular complexity index is 754. The summed E-state index contributed by atoms with van der Waals surface area (Å²) >= 11 is -1.85. The van der Waals surface area contributed by atoms with Gasteiger partial charge in [-0.05, 0) is 0 Å². The van der Waals surface area contributed by atoms with E-state index in [0.717, 1.165) is 30.6 Å². The number of nitrogens with zero attached hydrogens (tertiary/aromatic N) is 4. The number of esters is 1. The molecule has 0 saturated heterocycles. The number of hydrogen-bond donors (Lipinski definition) is 2. The van der Waals surface area contributed by atoms with Gasteiger partial charge < -0.3 is 0 Å². The molecule has 0 spiro atoms. The third kappa shape index (κ3) is 5.66. The first-order valence-corrected chi connectivity index (χ1v) is 11.6. The molecule has 0 amide bonds. The first-order chi connectivity index (χ1) is 13.0. The van der Waals surface area contributed by atoms with E-state index in [1.807, 2.05) is 49.3 Å². The summed E-state index contributed by atoms with van der Waals surface area (Å²) in [5.74, 6) is 5.57. The van der Waals surface area contributed by atoms with E-state index in [1.54, 1.807) is 0 Å². The molecular formula is C18H25IN6O2. The van der Waals surface area contributed by atoms with Gasteiger partial charge in [-0.3, -0.25) is 0 Å². The summed E-state index contributed by atoms with van der Waals surface area (Å²) < 4.78 is 14.6. The fraction of sp³-hybridized carbons (Fsp3) is 0.389. The molecular weight excluding hydrogens is 459 g/mol. The van der Waals surface area contributed by atoms with Crippen LogP contribution in [0.15, 0.2) is 33.0 Å². The van der Waals surface area contributed by atoms with Gasteiger partial charge >= 0.3 is 154 Å². The number of nitrogens with one attached hydrogen (secondary N) is 1. The Kier molecular flexibility index (Phi) is 8.02. The predicted octanol–water partition coefficient (Wildman–Crippen LogP) is 2.43. The van der Waals surface area contributed by atoms with Crippen molar-refractivity contribution in [2.75, 3.05) is 32.1 Å². The Morgan fingerprint density at radius 3 is 2.70 bits per heavy atom. The maximum absolute atomic E-state index is 12.2. The van der Waals surface area contributed by atoms with Gasteiger partial charge in [0.05, 0.1) is 0 Å². The van der Waals surface area contributed by atoms with Crippen LogP contribution in [0.3, 0.4) is 0 Å². The van der Waals surface area contributed by atoms with Crippen molar-refractivity contribution < 1.29 is 9.53 Å². The van der Waals surface area contributed by atoms with E-state index in [2.05, 4.69) is 16.9 Å². The van der Waals surface area contributed by atoms with Crippen molar-refractivity contribution in [1.29, 1.82) is 5.26 Å². The number of anilines is 1. The molecule has 0 aromatic heterocycles. The molecule has 0 atom stereocenters. The summed E-state index contributed by atoms with van der Waals surface area (Å²) in [5, 5.41) is 9.30. The van der Waals surface area contributed by atoms with Gasteiger partial charge in [0.25, 0.3) is 0 Å². The van der Waals surface area contributed by atoms with Crippen LogP contribution < -0.4 is 14.4 Å². The number of hydrazine groups is 1. The summed E-state index contributed by atoms with van der Waals surface area (Å²) in [6.07, 6.45) is 3.61. The molecule has 2 rings (SSSR count). The van der Waals surface area contributed by atoms with E-state index in [-0.39, 0.29) is 12.2 Å². The number of halogens is 1. The number of nitriles is 1. The summed E-state index contributed by atoms with van der Waals surface area (Å²) in [5.41, 5.74) is 1.76. The van der Waals surface area contributed by atoms with Gasteiger partial charge in [0.1, 0.15) is 0 Å². The molecule has 0 fully saturated rings. The van der Waals surface area contributed by atoms with Gasteiger partial charge in [-0.1, -0.05) is 0 Å². The SMILES string of the molecule is CCCCN1C(COC(=O)/C(C#N)=C/c2ccc(N(C)C)cc2)=NI1NN. The van der Waals surface area contributed by atoms with Crippen LogP contribution >= 0.6 is 20.6 Å². The van der Waals surface area contributed by atoms with Crippen molar-refractivity contribution >= 4 is 44.2 Å². The van der Waals surface area contributed by atoms with E-state index < -0.39 is 26.6 Å². The summed E-state index contributed by atoms with van der Waals surface area (Å²) in [7, 11) is 3.90. The second-order valence-electron chi connectivity index (χ2n) is 6.03. The number of rotatable bonds is 9. The van der Waals surface area contributed by atoms with Gasteiger partial charge in [0, 0.05) is 14.1 Å². The average Bonchev–Trinajstić information content (AvgIpc) is 2.65. The van der Waals surface area contributed by atoms with Crippen LogP contribution in [0.2, 0.25) is 0 Å². The van der Waals surface area contributed by atoms with Crippen molar-refractivity contribution in [1.82, 2.24) is 6.75 Å². The minimum absolute atomic E-state index is 0.0417. The molecule has 0 aliphatic carbocycles. The van der Waals surface area contributed by atoms with Crippen LogP contribution in [-0.2, 0) is 9.53 Å². The fourth-order valence-electron chi connectivity index (χ4n) is 2.31. The molecule has 0 radical (unpaired) electrons. The molecule has 0 unspecified atom stereocenters. The molecule has 3 N–H and O–H groups in total. The first-order valence-electron chi connectivity index (χ1n) is 8.58. The molecule has 0 saturated carbocycles. The van der Waals surface area contributed by atoms with Crippen LogP contribution in [0.4, 0.5) is 5.69 Å². The Morgan fingerprint density at radius 1 is 1.44 bits per heavy atom. The van der Waals surface area contributed by atoms with E-state index in [9.17, 15) is 10.1 Å². The fourth-order valence-corrected chi connectivity index (χ4v) is 5.24. The molecule has 1 aromatic rings. The molecule has 1 aliphatic heterocycles. The number of hydrogen-bond acceptors (Lipinski definition) is 8. The van der Waals surface area contributed by atoms with E-state index >= 15 is 0 Å². The van der Waals surface area contributed by atoms with Crippen LogP contribution in [0, 0.1) is 11.3 Å². The average molecular weight is 484 g/mol. The monoisotopic (exact) mass is 484 g/mol. The van der Waals surface area contributed by atoms with Gasteiger partial charge in [-0.25, -0.2) is 0 Å². The predicted molar refractivity (Wildman–Crippen MR) is 116 cm³/mol. The summed E-state index contributed by atoms with van der Waals surface area (Å²) in [4.78, 5) is 14.2. The third-order valence-corrected chi connectivity index (χ3v) is 7.56. The summed E-state index contributed by atoms with van der Waals surface area (Å²) in [6, 6.07) is 9.47. The zero-order valence-electron chi connectivity index (χ0n) is 15.8. The second-order valence-corrected chi connectivity index (χ2v) is 9.69. The van der Waals surface area contributed by atoms with Crippen LogP contribution in [0.5, 0.6) is 0 Å². The Hall–Kier alpha value is -2.16. The standard InChI is InChI=1S/C18H25IN6O2/c1-4-5-10-25-17(22-19(25)23-21)13-27-18(26)15(12-20)11-14-6-8-16(9-7-14)24(2)3/h6-9,11,23H,4-5,10,13,21H2,1-3H3/b15-11+.